The summed E-state index contributed by atoms with van der Waals surface area (Å²) in [7, 11) is 0. The fourth-order valence-corrected chi connectivity index (χ4v) is 4.04. The van der Waals surface area contributed by atoms with Gasteiger partial charge in [0.05, 0.1) is 6.54 Å². The summed E-state index contributed by atoms with van der Waals surface area (Å²) in [5.41, 5.74) is 2.72. The van der Waals surface area contributed by atoms with Gasteiger partial charge in [0, 0.05) is 71.3 Å². The number of hydrogen-bond donors (Lipinski definition) is 0. The molecule has 1 aromatic carbocycles. The highest BCUT2D eigenvalue weighted by molar-refractivity contribution is 5.78. The summed E-state index contributed by atoms with van der Waals surface area (Å²) < 4.78 is 0. The number of aromatic nitrogens is 2. The third kappa shape index (κ3) is 5.10. The molecule has 29 heavy (non-hydrogen) atoms. The molecule has 0 atom stereocenters. The fourth-order valence-electron chi connectivity index (χ4n) is 4.04. The minimum Gasteiger partial charge on any atom is -0.339 e. The minimum atomic E-state index is 0.255. The minimum absolute atomic E-state index is 0.255. The molecule has 1 amide bonds. The van der Waals surface area contributed by atoms with Crippen molar-refractivity contribution in [2.24, 2.45) is 0 Å². The van der Waals surface area contributed by atoms with Gasteiger partial charge in [-0.1, -0.05) is 24.3 Å². The molecule has 0 saturated carbocycles. The zero-order valence-electron chi connectivity index (χ0n) is 17.2. The number of amides is 1. The second-order valence-electron chi connectivity index (χ2n) is 7.90. The van der Waals surface area contributed by atoms with Gasteiger partial charge in [0.2, 0.25) is 11.9 Å². The average Bonchev–Trinajstić information content (AvgIpc) is 2.77. The Morgan fingerprint density at radius 3 is 2.21 bits per heavy atom. The van der Waals surface area contributed by atoms with Crippen molar-refractivity contribution in [1.82, 2.24) is 24.7 Å². The largest absolute Gasteiger partial charge is 0.339 e. The van der Waals surface area contributed by atoms with Gasteiger partial charge in [-0.2, -0.15) is 0 Å². The smallest absolute Gasteiger partial charge is 0.236 e. The fraction of sp³-hybridized carbons (Fsp3) is 0.500. The first-order chi connectivity index (χ1) is 14.2. The Bertz CT molecular complexity index is 798. The van der Waals surface area contributed by atoms with Gasteiger partial charge in [0.15, 0.2) is 0 Å². The van der Waals surface area contributed by atoms with E-state index < -0.39 is 0 Å². The van der Waals surface area contributed by atoms with Gasteiger partial charge < -0.3 is 9.80 Å². The maximum Gasteiger partial charge on any atom is 0.236 e. The molecule has 0 N–H and O–H groups in total. The molecule has 1 aromatic heterocycles. The highest BCUT2D eigenvalue weighted by atomic mass is 16.2. The zero-order valence-corrected chi connectivity index (χ0v) is 17.2. The van der Waals surface area contributed by atoms with Crippen molar-refractivity contribution in [2.45, 2.75) is 13.5 Å². The number of hydrogen-bond acceptors (Lipinski definition) is 6. The second kappa shape index (κ2) is 9.33. The topological polar surface area (TPSA) is 55.8 Å². The number of benzene rings is 1. The Labute approximate surface area is 172 Å². The van der Waals surface area contributed by atoms with E-state index in [0.717, 1.165) is 64.9 Å². The standard InChI is InChI=1S/C22H30N6O/c1-19-5-2-3-6-20(19)17-25-9-13-27(14-10-25)21(29)18-26-11-15-28(16-12-26)22-23-7-4-8-24-22/h2-8H,9-18H2,1H3. The van der Waals surface area contributed by atoms with E-state index in [-0.39, 0.29) is 5.91 Å². The number of aryl methyl sites for hydroxylation is 1. The van der Waals surface area contributed by atoms with E-state index in [0.29, 0.717) is 6.54 Å². The number of anilines is 1. The van der Waals surface area contributed by atoms with Crippen molar-refractivity contribution in [1.29, 1.82) is 0 Å². The Kier molecular flexibility index (Phi) is 6.36. The van der Waals surface area contributed by atoms with E-state index >= 15 is 0 Å². The van der Waals surface area contributed by atoms with Crippen LogP contribution in [0.25, 0.3) is 0 Å². The van der Waals surface area contributed by atoms with Crippen LogP contribution in [0.4, 0.5) is 5.95 Å². The van der Waals surface area contributed by atoms with Gasteiger partial charge in [-0.3, -0.25) is 14.6 Å². The molecule has 2 aromatic rings. The lowest BCUT2D eigenvalue weighted by molar-refractivity contribution is -0.134. The number of carbonyl (C=O) groups is 1. The highest BCUT2D eigenvalue weighted by Gasteiger charge is 2.25. The van der Waals surface area contributed by atoms with Crippen molar-refractivity contribution < 1.29 is 4.79 Å². The summed E-state index contributed by atoms with van der Waals surface area (Å²) in [6, 6.07) is 10.4. The predicted molar refractivity (Wildman–Crippen MR) is 114 cm³/mol. The molecule has 7 nitrogen and oxygen atoms in total. The average molecular weight is 395 g/mol. The van der Waals surface area contributed by atoms with Crippen LogP contribution in [0.1, 0.15) is 11.1 Å². The predicted octanol–water partition coefficient (Wildman–Crippen LogP) is 1.25. The first-order valence-electron chi connectivity index (χ1n) is 10.5. The molecule has 7 heteroatoms. The van der Waals surface area contributed by atoms with Crippen LogP contribution in [0.15, 0.2) is 42.7 Å². The van der Waals surface area contributed by atoms with E-state index in [1.54, 1.807) is 12.4 Å². The number of nitrogens with zero attached hydrogens (tertiary/aromatic N) is 6. The van der Waals surface area contributed by atoms with E-state index in [2.05, 4.69) is 55.9 Å². The molecule has 2 fully saturated rings. The summed E-state index contributed by atoms with van der Waals surface area (Å²) in [5, 5.41) is 0. The Balaban J connectivity index is 1.20. The maximum absolute atomic E-state index is 12.8. The first-order valence-corrected chi connectivity index (χ1v) is 10.5. The van der Waals surface area contributed by atoms with Crippen LogP contribution in [-0.2, 0) is 11.3 Å². The number of piperazine rings is 2. The molecule has 4 rings (SSSR count). The molecule has 0 radical (unpaired) electrons. The third-order valence-electron chi connectivity index (χ3n) is 5.95. The lowest BCUT2D eigenvalue weighted by atomic mass is 10.1. The monoisotopic (exact) mass is 394 g/mol. The lowest BCUT2D eigenvalue weighted by Gasteiger charge is -2.38. The quantitative estimate of drug-likeness (QED) is 0.761. The molecule has 2 saturated heterocycles. The highest BCUT2D eigenvalue weighted by Crippen LogP contribution is 2.13. The Hall–Kier alpha value is -2.51. The molecular formula is C22H30N6O. The molecule has 0 spiro atoms. The molecule has 0 aliphatic carbocycles. The van der Waals surface area contributed by atoms with Gasteiger partial charge >= 0.3 is 0 Å². The summed E-state index contributed by atoms with van der Waals surface area (Å²) in [5.74, 6) is 1.04. The third-order valence-corrected chi connectivity index (χ3v) is 5.95. The SMILES string of the molecule is Cc1ccccc1CN1CCN(C(=O)CN2CCN(c3ncccn3)CC2)CC1. The maximum atomic E-state index is 12.8. The van der Waals surface area contributed by atoms with Crippen LogP contribution >= 0.6 is 0 Å². The second-order valence-corrected chi connectivity index (χ2v) is 7.90. The van der Waals surface area contributed by atoms with Gasteiger partial charge in [0.25, 0.3) is 0 Å². The van der Waals surface area contributed by atoms with Crippen molar-refractivity contribution in [3.8, 4) is 0 Å². The van der Waals surface area contributed by atoms with Gasteiger partial charge in [0.1, 0.15) is 0 Å². The lowest BCUT2D eigenvalue weighted by Crippen LogP contribution is -2.53. The number of carbonyl (C=O) groups excluding carboxylic acids is 1. The van der Waals surface area contributed by atoms with Crippen LogP contribution in [0.5, 0.6) is 0 Å². The summed E-state index contributed by atoms with van der Waals surface area (Å²) in [6.07, 6.45) is 3.55. The Morgan fingerprint density at radius 2 is 1.52 bits per heavy atom. The zero-order chi connectivity index (χ0) is 20.1. The van der Waals surface area contributed by atoms with Crippen LogP contribution in [-0.4, -0.2) is 89.5 Å². The molecule has 0 bridgehead atoms. The van der Waals surface area contributed by atoms with Crippen LogP contribution in [0.3, 0.4) is 0 Å². The van der Waals surface area contributed by atoms with Crippen molar-refractivity contribution in [3.63, 3.8) is 0 Å². The molecule has 0 unspecified atom stereocenters. The van der Waals surface area contributed by atoms with E-state index in [1.807, 2.05) is 11.0 Å². The molecule has 2 aliphatic rings. The molecular weight excluding hydrogens is 364 g/mol. The normalized spacial score (nSPS) is 18.8. The summed E-state index contributed by atoms with van der Waals surface area (Å²) in [6.45, 7) is 10.7. The van der Waals surface area contributed by atoms with Crippen LogP contribution in [0, 0.1) is 6.92 Å². The first kappa shape index (κ1) is 19.8. The van der Waals surface area contributed by atoms with Crippen LogP contribution < -0.4 is 4.90 Å². The number of rotatable bonds is 5. The van der Waals surface area contributed by atoms with E-state index in [4.69, 9.17) is 0 Å². The van der Waals surface area contributed by atoms with E-state index in [1.165, 1.54) is 11.1 Å². The van der Waals surface area contributed by atoms with Gasteiger partial charge in [-0.05, 0) is 24.1 Å². The van der Waals surface area contributed by atoms with Crippen molar-refractivity contribution in [3.05, 3.63) is 53.9 Å². The summed E-state index contributed by atoms with van der Waals surface area (Å²) in [4.78, 5) is 30.3. The molecule has 154 valence electrons. The van der Waals surface area contributed by atoms with Gasteiger partial charge in [-0.25, -0.2) is 9.97 Å². The summed E-state index contributed by atoms with van der Waals surface area (Å²) >= 11 is 0. The van der Waals surface area contributed by atoms with Crippen LogP contribution in [0.2, 0.25) is 0 Å². The molecule has 2 aliphatic heterocycles. The molecule has 3 heterocycles. The van der Waals surface area contributed by atoms with Crippen molar-refractivity contribution >= 4 is 11.9 Å². The van der Waals surface area contributed by atoms with Crippen molar-refractivity contribution in [2.75, 3.05) is 63.8 Å². The Morgan fingerprint density at radius 1 is 0.862 bits per heavy atom. The van der Waals surface area contributed by atoms with E-state index in [9.17, 15) is 4.79 Å². The van der Waals surface area contributed by atoms with Gasteiger partial charge in [-0.15, -0.1) is 0 Å².